The van der Waals surface area contributed by atoms with Gasteiger partial charge in [-0.1, -0.05) is 42.4 Å². The molecule has 92 valence electrons. The van der Waals surface area contributed by atoms with Crippen LogP contribution in [0.1, 0.15) is 24.7 Å². The monoisotopic (exact) mass is 243 g/mol. The van der Waals surface area contributed by atoms with Gasteiger partial charge < -0.3 is 9.25 Å². The van der Waals surface area contributed by atoms with E-state index in [0.29, 0.717) is 11.5 Å². The van der Waals surface area contributed by atoms with E-state index in [1.165, 1.54) is 0 Å². The Labute approximate surface area is 105 Å². The fourth-order valence-electron chi connectivity index (χ4n) is 1.41. The molecule has 0 fully saturated rings. The molecule has 0 bridgehead atoms. The van der Waals surface area contributed by atoms with Crippen LogP contribution in [0.15, 0.2) is 58.3 Å². The molecule has 4 nitrogen and oxygen atoms in total. The van der Waals surface area contributed by atoms with Gasteiger partial charge in [0.1, 0.15) is 0 Å². The van der Waals surface area contributed by atoms with Crippen molar-refractivity contribution in [3.63, 3.8) is 0 Å². The van der Waals surface area contributed by atoms with Gasteiger partial charge in [-0.15, -0.1) is 0 Å². The Balaban J connectivity index is 2.33. The number of furan rings is 1. The second-order valence-electron chi connectivity index (χ2n) is 3.60. The smallest absolute Gasteiger partial charge is 0.334 e. The molecule has 0 radical (unpaired) electrons. The summed E-state index contributed by atoms with van der Waals surface area (Å²) < 4.78 is 5.29. The maximum Gasteiger partial charge on any atom is 0.334 e. The Morgan fingerprint density at radius 3 is 2.61 bits per heavy atom. The Morgan fingerprint density at radius 2 is 2.00 bits per heavy atom. The molecule has 0 aliphatic rings. The van der Waals surface area contributed by atoms with Crippen molar-refractivity contribution in [3.05, 3.63) is 60.1 Å². The molecule has 0 aliphatic carbocycles. The summed E-state index contributed by atoms with van der Waals surface area (Å²) in [5.74, 6) is 0.181. The third kappa shape index (κ3) is 2.85. The lowest BCUT2D eigenvalue weighted by Crippen LogP contribution is -2.05. The van der Waals surface area contributed by atoms with Crippen LogP contribution in [0.25, 0.3) is 0 Å². The molecule has 0 amide bonds. The highest BCUT2D eigenvalue weighted by atomic mass is 16.7. The molecule has 0 aliphatic heterocycles. The SMILES string of the molecule is CCC(=O)O/N=C(/c1ccccc1)c1ccco1. The quantitative estimate of drug-likeness (QED) is 0.471. The lowest BCUT2D eigenvalue weighted by Gasteiger charge is -2.02. The average Bonchev–Trinajstić information content (AvgIpc) is 2.94. The standard InChI is InChI=1S/C14H13NO3/c1-2-13(16)18-15-14(12-9-6-10-17-12)11-7-4-3-5-8-11/h3-10H,2H2,1H3/b15-14-. The lowest BCUT2D eigenvalue weighted by atomic mass is 10.1. The molecule has 0 unspecified atom stereocenters. The van der Waals surface area contributed by atoms with E-state index in [9.17, 15) is 4.79 Å². The van der Waals surface area contributed by atoms with Crippen molar-refractivity contribution in [3.8, 4) is 0 Å². The second kappa shape index (κ2) is 5.82. The number of carbonyl (C=O) groups excluding carboxylic acids is 1. The van der Waals surface area contributed by atoms with Crippen LogP contribution in [0.2, 0.25) is 0 Å². The van der Waals surface area contributed by atoms with Crippen molar-refractivity contribution in [2.24, 2.45) is 5.16 Å². The van der Waals surface area contributed by atoms with E-state index >= 15 is 0 Å². The van der Waals surface area contributed by atoms with Crippen molar-refractivity contribution >= 4 is 11.7 Å². The number of carbonyl (C=O) groups is 1. The van der Waals surface area contributed by atoms with Gasteiger partial charge in [0.15, 0.2) is 11.5 Å². The zero-order chi connectivity index (χ0) is 12.8. The molecule has 0 atom stereocenters. The van der Waals surface area contributed by atoms with Gasteiger partial charge in [0, 0.05) is 12.0 Å². The maximum atomic E-state index is 11.2. The number of rotatable bonds is 4. The molecule has 0 spiro atoms. The summed E-state index contributed by atoms with van der Waals surface area (Å²) in [5.41, 5.74) is 1.33. The highest BCUT2D eigenvalue weighted by Crippen LogP contribution is 2.12. The Bertz CT molecular complexity index is 529. The van der Waals surface area contributed by atoms with Gasteiger partial charge in [-0.05, 0) is 12.1 Å². The van der Waals surface area contributed by atoms with Crippen LogP contribution in [-0.2, 0) is 9.63 Å². The predicted octanol–water partition coefficient (Wildman–Crippen LogP) is 2.99. The number of benzene rings is 1. The number of oxime groups is 1. The van der Waals surface area contributed by atoms with Crippen LogP contribution in [0, 0.1) is 0 Å². The number of nitrogens with zero attached hydrogens (tertiary/aromatic N) is 1. The molecular formula is C14H13NO3. The van der Waals surface area contributed by atoms with E-state index < -0.39 is 0 Å². The molecule has 2 aromatic rings. The Morgan fingerprint density at radius 1 is 1.22 bits per heavy atom. The van der Waals surface area contributed by atoms with Gasteiger partial charge in [0.05, 0.1) is 6.26 Å². The van der Waals surface area contributed by atoms with E-state index in [1.54, 1.807) is 25.3 Å². The molecule has 1 heterocycles. The fraction of sp³-hybridized carbons (Fsp3) is 0.143. The summed E-state index contributed by atoms with van der Waals surface area (Å²) in [5, 5.41) is 3.88. The summed E-state index contributed by atoms with van der Waals surface area (Å²) >= 11 is 0. The second-order valence-corrected chi connectivity index (χ2v) is 3.60. The summed E-state index contributed by atoms with van der Waals surface area (Å²) in [7, 11) is 0. The fourth-order valence-corrected chi connectivity index (χ4v) is 1.41. The highest BCUT2D eigenvalue weighted by molar-refractivity contribution is 6.11. The van der Waals surface area contributed by atoms with Crippen molar-refractivity contribution in [2.75, 3.05) is 0 Å². The van der Waals surface area contributed by atoms with Gasteiger partial charge in [0.25, 0.3) is 0 Å². The Hall–Kier alpha value is -2.36. The van der Waals surface area contributed by atoms with Gasteiger partial charge >= 0.3 is 5.97 Å². The highest BCUT2D eigenvalue weighted by Gasteiger charge is 2.11. The van der Waals surface area contributed by atoms with Crippen LogP contribution in [0.4, 0.5) is 0 Å². The minimum absolute atomic E-state index is 0.281. The van der Waals surface area contributed by atoms with Crippen LogP contribution in [-0.4, -0.2) is 11.7 Å². The van der Waals surface area contributed by atoms with E-state index in [1.807, 2.05) is 30.3 Å². The zero-order valence-corrected chi connectivity index (χ0v) is 10.00. The van der Waals surface area contributed by atoms with E-state index in [2.05, 4.69) is 5.16 Å². The molecule has 18 heavy (non-hydrogen) atoms. The first-order chi connectivity index (χ1) is 8.81. The van der Waals surface area contributed by atoms with Crippen molar-refractivity contribution in [2.45, 2.75) is 13.3 Å². The molecule has 1 aromatic heterocycles. The largest absolute Gasteiger partial charge is 0.463 e. The third-order valence-electron chi connectivity index (χ3n) is 2.33. The first-order valence-corrected chi connectivity index (χ1v) is 5.68. The first-order valence-electron chi connectivity index (χ1n) is 5.68. The van der Waals surface area contributed by atoms with Gasteiger partial charge in [-0.2, -0.15) is 0 Å². The van der Waals surface area contributed by atoms with E-state index in [4.69, 9.17) is 9.25 Å². The average molecular weight is 243 g/mol. The van der Waals surface area contributed by atoms with Gasteiger partial charge in [-0.3, -0.25) is 0 Å². The predicted molar refractivity (Wildman–Crippen MR) is 67.2 cm³/mol. The van der Waals surface area contributed by atoms with Gasteiger partial charge in [0.2, 0.25) is 0 Å². The van der Waals surface area contributed by atoms with Crippen molar-refractivity contribution in [1.29, 1.82) is 0 Å². The van der Waals surface area contributed by atoms with Crippen LogP contribution in [0.3, 0.4) is 0 Å². The number of hydrogen-bond donors (Lipinski definition) is 0. The minimum Gasteiger partial charge on any atom is -0.463 e. The topological polar surface area (TPSA) is 51.8 Å². The van der Waals surface area contributed by atoms with Crippen LogP contribution >= 0.6 is 0 Å². The minimum atomic E-state index is -0.380. The van der Waals surface area contributed by atoms with Crippen molar-refractivity contribution in [1.82, 2.24) is 0 Å². The number of hydrogen-bond acceptors (Lipinski definition) is 4. The maximum absolute atomic E-state index is 11.2. The summed E-state index contributed by atoms with van der Waals surface area (Å²) in [6.45, 7) is 1.72. The normalized spacial score (nSPS) is 11.3. The lowest BCUT2D eigenvalue weighted by molar-refractivity contribution is -0.143. The van der Waals surface area contributed by atoms with Crippen molar-refractivity contribution < 1.29 is 14.0 Å². The molecule has 0 N–H and O–H groups in total. The molecule has 0 saturated heterocycles. The zero-order valence-electron chi connectivity index (χ0n) is 10.00. The summed E-state index contributed by atoms with van der Waals surface area (Å²) in [6.07, 6.45) is 1.83. The molecule has 1 aromatic carbocycles. The molecule has 4 heteroatoms. The van der Waals surface area contributed by atoms with E-state index in [-0.39, 0.29) is 12.4 Å². The molecular weight excluding hydrogens is 230 g/mol. The summed E-state index contributed by atoms with van der Waals surface area (Å²) in [4.78, 5) is 16.0. The third-order valence-corrected chi connectivity index (χ3v) is 2.33. The van der Waals surface area contributed by atoms with E-state index in [0.717, 1.165) is 5.56 Å². The summed E-state index contributed by atoms with van der Waals surface area (Å²) in [6, 6.07) is 13.0. The molecule has 0 saturated carbocycles. The molecule has 2 rings (SSSR count). The van der Waals surface area contributed by atoms with Crippen LogP contribution < -0.4 is 0 Å². The van der Waals surface area contributed by atoms with Gasteiger partial charge in [-0.25, -0.2) is 4.79 Å². The first kappa shape index (κ1) is 12.1. The van der Waals surface area contributed by atoms with Crippen LogP contribution in [0.5, 0.6) is 0 Å². The Kier molecular flexibility index (Phi) is 3.91.